The highest BCUT2D eigenvalue weighted by Gasteiger charge is 2.06. The van der Waals surface area contributed by atoms with Gasteiger partial charge in [-0.1, -0.05) is 0 Å². The molecule has 0 heterocycles. The molecule has 0 unspecified atom stereocenters. The van der Waals surface area contributed by atoms with Crippen LogP contribution in [0.3, 0.4) is 0 Å². The summed E-state index contributed by atoms with van der Waals surface area (Å²) in [4.78, 5) is 11.9. The number of hydrogen-bond acceptors (Lipinski definition) is 3. The van der Waals surface area contributed by atoms with Gasteiger partial charge < -0.3 is 4.74 Å². The van der Waals surface area contributed by atoms with E-state index >= 15 is 0 Å². The molecule has 0 fully saturated rings. The van der Waals surface area contributed by atoms with E-state index in [2.05, 4.69) is 26.5 Å². The van der Waals surface area contributed by atoms with Gasteiger partial charge in [-0.15, -0.1) is 0 Å². The molecule has 0 radical (unpaired) electrons. The predicted octanol–water partition coefficient (Wildman–Crippen LogP) is 3.75. The molecule has 6 heteroatoms. The second kappa shape index (κ2) is 7.17. The van der Waals surface area contributed by atoms with Gasteiger partial charge in [-0.3, -0.25) is 4.79 Å². The van der Waals surface area contributed by atoms with Gasteiger partial charge in [-0.25, -0.2) is 9.82 Å². The fourth-order valence-corrected chi connectivity index (χ4v) is 2.30. The molecule has 1 amide bonds. The van der Waals surface area contributed by atoms with Crippen LogP contribution in [0.15, 0.2) is 52.0 Å². The van der Waals surface area contributed by atoms with Crippen molar-refractivity contribution in [1.82, 2.24) is 5.43 Å². The Kier molecular flexibility index (Phi) is 5.27. The molecule has 2 aromatic rings. The van der Waals surface area contributed by atoms with Crippen LogP contribution in [0.1, 0.15) is 22.8 Å². The first kappa shape index (κ1) is 16.2. The van der Waals surface area contributed by atoms with E-state index < -0.39 is 5.91 Å². The number of methoxy groups -OCH3 is 1. The standard InChI is InChI=1S/C16H14BrFN2O2/c1-10(12-5-8-15(22-2)14(17)9-12)19-20-16(21)11-3-6-13(18)7-4-11/h3-9H,1-2H3,(H,20,21)/b19-10-. The molecule has 0 atom stereocenters. The first-order valence-electron chi connectivity index (χ1n) is 6.45. The zero-order chi connectivity index (χ0) is 16.1. The van der Waals surface area contributed by atoms with E-state index in [1.54, 1.807) is 20.1 Å². The molecular formula is C16H14BrFN2O2. The quantitative estimate of drug-likeness (QED) is 0.663. The number of hydrogen-bond donors (Lipinski definition) is 1. The van der Waals surface area contributed by atoms with Crippen molar-refractivity contribution < 1.29 is 13.9 Å². The van der Waals surface area contributed by atoms with Gasteiger partial charge in [0.1, 0.15) is 11.6 Å². The fraction of sp³-hybridized carbons (Fsp3) is 0.125. The third-order valence-electron chi connectivity index (χ3n) is 3.00. The number of nitrogens with zero attached hydrogens (tertiary/aromatic N) is 1. The van der Waals surface area contributed by atoms with Crippen LogP contribution < -0.4 is 10.2 Å². The van der Waals surface area contributed by atoms with Gasteiger partial charge >= 0.3 is 0 Å². The van der Waals surface area contributed by atoms with Gasteiger partial charge in [-0.05, 0) is 70.9 Å². The molecule has 4 nitrogen and oxygen atoms in total. The van der Waals surface area contributed by atoms with Gasteiger partial charge in [0, 0.05) is 5.56 Å². The number of carbonyl (C=O) groups is 1. The van der Waals surface area contributed by atoms with Gasteiger partial charge in [0.25, 0.3) is 5.91 Å². The minimum Gasteiger partial charge on any atom is -0.496 e. The molecule has 2 aromatic carbocycles. The predicted molar refractivity (Wildman–Crippen MR) is 86.8 cm³/mol. The normalized spacial score (nSPS) is 11.2. The molecule has 0 saturated carbocycles. The van der Waals surface area contributed by atoms with E-state index in [4.69, 9.17) is 4.74 Å². The van der Waals surface area contributed by atoms with Gasteiger partial charge in [-0.2, -0.15) is 5.10 Å². The monoisotopic (exact) mass is 364 g/mol. The highest BCUT2D eigenvalue weighted by atomic mass is 79.9. The lowest BCUT2D eigenvalue weighted by molar-refractivity contribution is 0.0955. The van der Waals surface area contributed by atoms with Crippen LogP contribution in [0, 0.1) is 5.82 Å². The first-order valence-corrected chi connectivity index (χ1v) is 7.24. The number of carbonyl (C=O) groups excluding carboxylic acids is 1. The molecule has 22 heavy (non-hydrogen) atoms. The Labute approximate surface area is 136 Å². The molecule has 0 aromatic heterocycles. The third kappa shape index (κ3) is 3.92. The van der Waals surface area contributed by atoms with Gasteiger partial charge in [0.05, 0.1) is 17.3 Å². The Bertz CT molecular complexity index is 715. The topological polar surface area (TPSA) is 50.7 Å². The molecule has 2 rings (SSSR count). The molecule has 0 saturated heterocycles. The highest BCUT2D eigenvalue weighted by Crippen LogP contribution is 2.25. The van der Waals surface area contributed by atoms with E-state index in [0.717, 1.165) is 10.0 Å². The Hall–Kier alpha value is -2.21. The lowest BCUT2D eigenvalue weighted by Gasteiger charge is -2.06. The Balaban J connectivity index is 2.10. The zero-order valence-electron chi connectivity index (χ0n) is 12.1. The summed E-state index contributed by atoms with van der Waals surface area (Å²) in [5, 5.41) is 4.05. The molecule has 0 aliphatic carbocycles. The first-order chi connectivity index (χ1) is 10.5. The minimum absolute atomic E-state index is 0.342. The summed E-state index contributed by atoms with van der Waals surface area (Å²) in [6, 6.07) is 10.8. The summed E-state index contributed by atoms with van der Waals surface area (Å²) in [6.07, 6.45) is 0. The Morgan fingerprint density at radius 3 is 2.41 bits per heavy atom. The second-order valence-corrected chi connectivity index (χ2v) is 5.35. The maximum Gasteiger partial charge on any atom is 0.271 e. The van der Waals surface area contributed by atoms with Crippen LogP contribution in [0.5, 0.6) is 5.75 Å². The lowest BCUT2D eigenvalue weighted by Crippen LogP contribution is -2.19. The molecule has 114 valence electrons. The van der Waals surface area contributed by atoms with E-state index in [1.807, 2.05) is 12.1 Å². The highest BCUT2D eigenvalue weighted by molar-refractivity contribution is 9.10. The SMILES string of the molecule is COc1ccc(/C(C)=N\NC(=O)c2ccc(F)cc2)cc1Br. The average molecular weight is 365 g/mol. The molecule has 0 aliphatic heterocycles. The van der Waals surface area contributed by atoms with Crippen molar-refractivity contribution >= 4 is 27.5 Å². The average Bonchev–Trinajstić information content (AvgIpc) is 2.52. The lowest BCUT2D eigenvalue weighted by atomic mass is 10.1. The van der Waals surface area contributed by atoms with E-state index in [0.29, 0.717) is 17.0 Å². The third-order valence-corrected chi connectivity index (χ3v) is 3.62. The maximum absolute atomic E-state index is 12.8. The number of ether oxygens (including phenoxy) is 1. The van der Waals surface area contributed by atoms with Crippen LogP contribution >= 0.6 is 15.9 Å². The van der Waals surface area contributed by atoms with E-state index in [9.17, 15) is 9.18 Å². The molecule has 0 aliphatic rings. The summed E-state index contributed by atoms with van der Waals surface area (Å²) in [5.74, 6) is -0.0712. The summed E-state index contributed by atoms with van der Waals surface area (Å²) >= 11 is 3.40. The summed E-state index contributed by atoms with van der Waals surface area (Å²) in [7, 11) is 1.59. The molecule has 0 spiro atoms. The molecular weight excluding hydrogens is 351 g/mol. The van der Waals surface area contributed by atoms with Crippen LogP contribution in [0.25, 0.3) is 0 Å². The zero-order valence-corrected chi connectivity index (χ0v) is 13.6. The van der Waals surface area contributed by atoms with Crippen LogP contribution in [0.4, 0.5) is 4.39 Å². The largest absolute Gasteiger partial charge is 0.496 e. The Morgan fingerprint density at radius 2 is 1.82 bits per heavy atom. The van der Waals surface area contributed by atoms with Gasteiger partial charge in [0.15, 0.2) is 0 Å². The molecule has 0 bridgehead atoms. The van der Waals surface area contributed by atoms with Crippen molar-refractivity contribution in [2.75, 3.05) is 7.11 Å². The number of amides is 1. The number of rotatable bonds is 4. The summed E-state index contributed by atoms with van der Waals surface area (Å²) in [5.41, 5.74) is 4.26. The van der Waals surface area contributed by atoms with Crippen molar-refractivity contribution in [2.45, 2.75) is 6.92 Å². The van der Waals surface area contributed by atoms with Crippen molar-refractivity contribution in [1.29, 1.82) is 0 Å². The maximum atomic E-state index is 12.8. The van der Waals surface area contributed by atoms with Crippen LogP contribution in [-0.4, -0.2) is 18.7 Å². The van der Waals surface area contributed by atoms with Crippen molar-refractivity contribution in [3.8, 4) is 5.75 Å². The van der Waals surface area contributed by atoms with Gasteiger partial charge in [0.2, 0.25) is 0 Å². The van der Waals surface area contributed by atoms with Crippen molar-refractivity contribution in [2.24, 2.45) is 5.10 Å². The molecule has 1 N–H and O–H groups in total. The van der Waals surface area contributed by atoms with E-state index in [1.165, 1.54) is 24.3 Å². The van der Waals surface area contributed by atoms with Crippen molar-refractivity contribution in [3.63, 3.8) is 0 Å². The van der Waals surface area contributed by atoms with Crippen molar-refractivity contribution in [3.05, 3.63) is 63.9 Å². The van der Waals surface area contributed by atoms with Crippen LogP contribution in [0.2, 0.25) is 0 Å². The fourth-order valence-electron chi connectivity index (χ4n) is 1.76. The number of benzene rings is 2. The van der Waals surface area contributed by atoms with Crippen LogP contribution in [-0.2, 0) is 0 Å². The van der Waals surface area contributed by atoms with E-state index in [-0.39, 0.29) is 5.82 Å². The summed E-state index contributed by atoms with van der Waals surface area (Å²) in [6.45, 7) is 1.78. The Morgan fingerprint density at radius 1 is 1.18 bits per heavy atom. The smallest absolute Gasteiger partial charge is 0.271 e. The number of hydrazone groups is 1. The second-order valence-electron chi connectivity index (χ2n) is 4.49. The number of nitrogens with one attached hydrogen (secondary N) is 1. The minimum atomic E-state index is -0.396. The number of halogens is 2. The summed E-state index contributed by atoms with van der Waals surface area (Å²) < 4.78 is 18.8.